The molecule has 2 heterocycles. The third-order valence-corrected chi connectivity index (χ3v) is 5.38. The number of fused-ring (bicyclic) bond motifs is 1. The summed E-state index contributed by atoms with van der Waals surface area (Å²) in [5.41, 5.74) is 6.70. The largest absolute Gasteiger partial charge is 0.358 e. The van der Waals surface area contributed by atoms with E-state index in [1.165, 1.54) is 5.56 Å². The molecule has 2 aromatic carbocycles. The van der Waals surface area contributed by atoms with Crippen molar-refractivity contribution in [3.63, 3.8) is 0 Å². The molecule has 26 heavy (non-hydrogen) atoms. The maximum absolute atomic E-state index is 12.7. The number of H-pyrrole nitrogens is 1. The number of nitrogens with zero attached hydrogens (tertiary/aromatic N) is 1. The topological polar surface area (TPSA) is 57.8 Å². The van der Waals surface area contributed by atoms with Crippen molar-refractivity contribution in [3.05, 3.63) is 69.7 Å². The number of carbonyl (C=O) groups excluding carboxylic acids is 1. The van der Waals surface area contributed by atoms with E-state index in [2.05, 4.69) is 22.2 Å². The van der Waals surface area contributed by atoms with Crippen molar-refractivity contribution >= 4 is 33.8 Å². The van der Waals surface area contributed by atoms with Crippen LogP contribution in [0, 0.1) is 20.8 Å². The van der Waals surface area contributed by atoms with Crippen molar-refractivity contribution in [2.45, 2.75) is 20.8 Å². The second kappa shape index (κ2) is 6.42. The van der Waals surface area contributed by atoms with E-state index in [0.717, 1.165) is 38.5 Å². The average Bonchev–Trinajstić information content (AvgIpc) is 3.19. The molecule has 1 amide bonds. The Kier molecular flexibility index (Phi) is 4.09. The summed E-state index contributed by atoms with van der Waals surface area (Å²) in [6, 6.07) is 13.5. The van der Waals surface area contributed by atoms with Gasteiger partial charge in [0.15, 0.2) is 0 Å². The van der Waals surface area contributed by atoms with Crippen molar-refractivity contribution in [1.29, 1.82) is 0 Å². The van der Waals surface area contributed by atoms with Crippen LogP contribution in [0.15, 0.2) is 47.8 Å². The number of hydrogen-bond acceptors (Lipinski definition) is 3. The van der Waals surface area contributed by atoms with Crippen LogP contribution in [0.25, 0.3) is 22.2 Å². The maximum Gasteiger partial charge on any atom is 0.255 e. The first-order chi connectivity index (χ1) is 12.5. The summed E-state index contributed by atoms with van der Waals surface area (Å²) in [5.74, 6) is -0.114. The fourth-order valence-corrected chi connectivity index (χ4v) is 3.68. The molecule has 0 aliphatic heterocycles. The first-order valence-corrected chi connectivity index (χ1v) is 9.32. The fourth-order valence-electron chi connectivity index (χ4n) is 3.06. The Morgan fingerprint density at radius 3 is 2.73 bits per heavy atom. The van der Waals surface area contributed by atoms with Gasteiger partial charge in [0.2, 0.25) is 0 Å². The van der Waals surface area contributed by atoms with Crippen LogP contribution >= 0.6 is 11.3 Å². The highest BCUT2D eigenvalue weighted by molar-refractivity contribution is 7.09. The van der Waals surface area contributed by atoms with Gasteiger partial charge >= 0.3 is 0 Å². The number of aromatic amines is 1. The van der Waals surface area contributed by atoms with E-state index in [9.17, 15) is 4.79 Å². The first-order valence-electron chi connectivity index (χ1n) is 8.44. The van der Waals surface area contributed by atoms with Gasteiger partial charge in [0, 0.05) is 38.8 Å². The fraction of sp³-hybridized carbons (Fsp3) is 0.143. The molecule has 0 atom stereocenters. The highest BCUT2D eigenvalue weighted by Gasteiger charge is 2.11. The van der Waals surface area contributed by atoms with Crippen LogP contribution in [0.3, 0.4) is 0 Å². The number of rotatable bonds is 3. The van der Waals surface area contributed by atoms with Crippen LogP contribution in [0.5, 0.6) is 0 Å². The molecule has 0 saturated carbocycles. The Hall–Kier alpha value is -2.92. The molecule has 0 fully saturated rings. The standard InChI is InChI=1S/C21H19N3OS/c1-12-13(2)22-19-8-7-16(10-18(12)19)21(25)24-17-6-4-5-15(9-17)20-11-26-14(3)23-20/h4-11,22H,1-3H3,(H,24,25). The van der Waals surface area contributed by atoms with E-state index in [1.54, 1.807) is 11.3 Å². The van der Waals surface area contributed by atoms with E-state index < -0.39 is 0 Å². The van der Waals surface area contributed by atoms with Gasteiger partial charge in [-0.25, -0.2) is 4.98 Å². The lowest BCUT2D eigenvalue weighted by Crippen LogP contribution is -2.11. The lowest BCUT2D eigenvalue weighted by atomic mass is 10.1. The first kappa shape index (κ1) is 16.5. The zero-order chi connectivity index (χ0) is 18.3. The van der Waals surface area contributed by atoms with E-state index in [-0.39, 0.29) is 5.91 Å². The van der Waals surface area contributed by atoms with E-state index >= 15 is 0 Å². The number of aryl methyl sites for hydroxylation is 3. The number of anilines is 1. The van der Waals surface area contributed by atoms with Crippen molar-refractivity contribution in [3.8, 4) is 11.3 Å². The minimum absolute atomic E-state index is 0.114. The summed E-state index contributed by atoms with van der Waals surface area (Å²) >= 11 is 1.62. The molecule has 4 aromatic rings. The number of hydrogen-bond donors (Lipinski definition) is 2. The Balaban J connectivity index is 1.61. The predicted octanol–water partition coefficient (Wildman–Crippen LogP) is 5.47. The minimum Gasteiger partial charge on any atom is -0.358 e. The maximum atomic E-state index is 12.7. The van der Waals surface area contributed by atoms with Gasteiger partial charge in [-0.2, -0.15) is 0 Å². The number of thiazole rings is 1. The van der Waals surface area contributed by atoms with Crippen LogP contribution < -0.4 is 5.32 Å². The number of nitrogens with one attached hydrogen (secondary N) is 2. The zero-order valence-corrected chi connectivity index (χ0v) is 15.7. The average molecular weight is 361 g/mol. The summed E-state index contributed by atoms with van der Waals surface area (Å²) < 4.78 is 0. The quantitative estimate of drug-likeness (QED) is 0.508. The summed E-state index contributed by atoms with van der Waals surface area (Å²) in [4.78, 5) is 20.5. The molecule has 4 rings (SSSR count). The molecule has 2 N–H and O–H groups in total. The lowest BCUT2D eigenvalue weighted by molar-refractivity contribution is 0.102. The number of aromatic nitrogens is 2. The van der Waals surface area contributed by atoms with Crippen molar-refractivity contribution in [1.82, 2.24) is 9.97 Å². The van der Waals surface area contributed by atoms with Crippen LogP contribution in [0.4, 0.5) is 5.69 Å². The molecule has 130 valence electrons. The number of amides is 1. The molecule has 2 aromatic heterocycles. The molecule has 0 unspecified atom stereocenters. The Morgan fingerprint density at radius 1 is 1.12 bits per heavy atom. The van der Waals surface area contributed by atoms with Gasteiger partial charge in [0.1, 0.15) is 0 Å². The number of carbonyl (C=O) groups is 1. The second-order valence-corrected chi connectivity index (χ2v) is 7.48. The van der Waals surface area contributed by atoms with Crippen LogP contribution in [-0.4, -0.2) is 15.9 Å². The monoisotopic (exact) mass is 361 g/mol. The molecule has 0 aliphatic rings. The molecule has 0 radical (unpaired) electrons. The van der Waals surface area contributed by atoms with Gasteiger partial charge in [-0.1, -0.05) is 12.1 Å². The summed E-state index contributed by atoms with van der Waals surface area (Å²) in [6.45, 7) is 6.09. The molecule has 0 saturated heterocycles. The van der Waals surface area contributed by atoms with Crippen molar-refractivity contribution in [2.24, 2.45) is 0 Å². The third kappa shape index (κ3) is 3.02. The van der Waals surface area contributed by atoms with E-state index in [1.807, 2.05) is 61.7 Å². The Morgan fingerprint density at radius 2 is 1.96 bits per heavy atom. The van der Waals surface area contributed by atoms with Crippen LogP contribution in [0.1, 0.15) is 26.6 Å². The van der Waals surface area contributed by atoms with Gasteiger partial charge in [0.05, 0.1) is 10.7 Å². The lowest BCUT2D eigenvalue weighted by Gasteiger charge is -2.07. The highest BCUT2D eigenvalue weighted by Crippen LogP contribution is 2.25. The number of benzene rings is 2. The molecular formula is C21H19N3OS. The molecule has 5 heteroatoms. The van der Waals surface area contributed by atoms with Gasteiger partial charge < -0.3 is 10.3 Å². The Labute approximate surface area is 155 Å². The summed E-state index contributed by atoms with van der Waals surface area (Å²) in [7, 11) is 0. The minimum atomic E-state index is -0.114. The molecule has 0 aliphatic carbocycles. The van der Waals surface area contributed by atoms with E-state index in [0.29, 0.717) is 5.56 Å². The zero-order valence-electron chi connectivity index (χ0n) is 14.9. The Bertz CT molecular complexity index is 1120. The molecule has 0 bridgehead atoms. The van der Waals surface area contributed by atoms with E-state index in [4.69, 9.17) is 0 Å². The van der Waals surface area contributed by atoms with Crippen molar-refractivity contribution in [2.75, 3.05) is 5.32 Å². The van der Waals surface area contributed by atoms with Gasteiger partial charge in [-0.05, 0) is 56.7 Å². The van der Waals surface area contributed by atoms with Crippen LogP contribution in [0.2, 0.25) is 0 Å². The highest BCUT2D eigenvalue weighted by atomic mass is 32.1. The van der Waals surface area contributed by atoms with Crippen LogP contribution in [-0.2, 0) is 0 Å². The van der Waals surface area contributed by atoms with Gasteiger partial charge in [-0.15, -0.1) is 11.3 Å². The smallest absolute Gasteiger partial charge is 0.255 e. The summed E-state index contributed by atoms with van der Waals surface area (Å²) in [6.07, 6.45) is 0. The second-order valence-electron chi connectivity index (χ2n) is 6.42. The SMILES string of the molecule is Cc1nc(-c2cccc(NC(=O)c3ccc4[nH]c(C)c(C)c4c3)c2)cs1. The molecule has 0 spiro atoms. The third-order valence-electron chi connectivity index (χ3n) is 4.61. The van der Waals surface area contributed by atoms with Gasteiger partial charge in [0.25, 0.3) is 5.91 Å². The molecular weight excluding hydrogens is 342 g/mol. The summed E-state index contributed by atoms with van der Waals surface area (Å²) in [5, 5.41) is 7.13. The van der Waals surface area contributed by atoms with Gasteiger partial charge in [-0.3, -0.25) is 4.79 Å². The van der Waals surface area contributed by atoms with Crippen molar-refractivity contribution < 1.29 is 4.79 Å². The normalized spacial score (nSPS) is 11.0. The predicted molar refractivity (Wildman–Crippen MR) is 108 cm³/mol. The molecule has 4 nitrogen and oxygen atoms in total.